The highest BCUT2D eigenvalue weighted by Crippen LogP contribution is 2.26. The van der Waals surface area contributed by atoms with Crippen molar-refractivity contribution in [2.75, 3.05) is 5.32 Å². The SMILES string of the molecule is O=C(Nc1cc2c(ccc3ccccc32)oc1=O)c1ccccc1Cl. The molecule has 1 aromatic heterocycles. The van der Waals surface area contributed by atoms with Crippen molar-refractivity contribution < 1.29 is 9.21 Å². The molecule has 0 spiro atoms. The van der Waals surface area contributed by atoms with Crippen LogP contribution in [0, 0.1) is 0 Å². The summed E-state index contributed by atoms with van der Waals surface area (Å²) in [5, 5.41) is 5.63. The summed E-state index contributed by atoms with van der Waals surface area (Å²) in [6.07, 6.45) is 0. The maximum atomic E-state index is 12.4. The lowest BCUT2D eigenvalue weighted by Gasteiger charge is -2.08. The van der Waals surface area contributed by atoms with Gasteiger partial charge in [0.15, 0.2) is 0 Å². The molecule has 0 aliphatic rings. The van der Waals surface area contributed by atoms with E-state index >= 15 is 0 Å². The molecule has 4 aromatic rings. The predicted molar refractivity (Wildman–Crippen MR) is 99.4 cm³/mol. The molecule has 0 fully saturated rings. The smallest absolute Gasteiger partial charge is 0.360 e. The van der Waals surface area contributed by atoms with Crippen LogP contribution in [0.3, 0.4) is 0 Å². The van der Waals surface area contributed by atoms with Crippen molar-refractivity contribution in [1.29, 1.82) is 0 Å². The third kappa shape index (κ3) is 2.77. The monoisotopic (exact) mass is 349 g/mol. The van der Waals surface area contributed by atoms with E-state index in [1.54, 1.807) is 36.4 Å². The number of hydrogen-bond donors (Lipinski definition) is 1. The molecular weight excluding hydrogens is 338 g/mol. The lowest BCUT2D eigenvalue weighted by Crippen LogP contribution is -2.18. The summed E-state index contributed by atoms with van der Waals surface area (Å²) in [4.78, 5) is 24.6. The molecule has 0 bridgehead atoms. The van der Waals surface area contributed by atoms with Crippen LogP contribution in [0.1, 0.15) is 10.4 Å². The molecule has 0 saturated heterocycles. The number of benzene rings is 3. The molecule has 5 heteroatoms. The number of amides is 1. The standard InChI is InChI=1S/C20H12ClNO3/c21-16-8-4-3-7-14(16)19(23)22-17-11-15-13-6-2-1-5-12(13)9-10-18(15)25-20(17)24/h1-11H,(H,22,23). The zero-order valence-corrected chi connectivity index (χ0v) is 13.7. The van der Waals surface area contributed by atoms with Crippen molar-refractivity contribution in [2.45, 2.75) is 0 Å². The fourth-order valence-electron chi connectivity index (χ4n) is 2.79. The van der Waals surface area contributed by atoms with E-state index in [0.717, 1.165) is 16.2 Å². The summed E-state index contributed by atoms with van der Waals surface area (Å²) in [5.41, 5.74) is 0.234. The van der Waals surface area contributed by atoms with E-state index in [4.69, 9.17) is 16.0 Å². The van der Waals surface area contributed by atoms with E-state index in [9.17, 15) is 9.59 Å². The van der Waals surface area contributed by atoms with Crippen molar-refractivity contribution in [1.82, 2.24) is 0 Å². The maximum absolute atomic E-state index is 12.4. The molecule has 25 heavy (non-hydrogen) atoms. The Bertz CT molecular complexity index is 1180. The van der Waals surface area contributed by atoms with Crippen LogP contribution in [0.5, 0.6) is 0 Å². The van der Waals surface area contributed by atoms with Crippen LogP contribution in [0.2, 0.25) is 5.02 Å². The van der Waals surface area contributed by atoms with Crippen LogP contribution in [-0.2, 0) is 0 Å². The van der Waals surface area contributed by atoms with Gasteiger partial charge in [-0.2, -0.15) is 0 Å². The molecule has 0 aliphatic carbocycles. The van der Waals surface area contributed by atoms with E-state index in [-0.39, 0.29) is 5.69 Å². The van der Waals surface area contributed by atoms with Gasteiger partial charge in [0, 0.05) is 5.39 Å². The van der Waals surface area contributed by atoms with Gasteiger partial charge in [-0.15, -0.1) is 0 Å². The largest absolute Gasteiger partial charge is 0.421 e. The van der Waals surface area contributed by atoms with Gasteiger partial charge < -0.3 is 9.73 Å². The van der Waals surface area contributed by atoms with Gasteiger partial charge >= 0.3 is 5.63 Å². The molecule has 0 unspecified atom stereocenters. The Balaban J connectivity index is 1.83. The summed E-state index contributed by atoms with van der Waals surface area (Å²) >= 11 is 6.04. The summed E-state index contributed by atoms with van der Waals surface area (Å²) in [5.74, 6) is -0.461. The van der Waals surface area contributed by atoms with E-state index in [1.807, 2.05) is 30.3 Å². The van der Waals surface area contributed by atoms with Crippen LogP contribution in [0.15, 0.2) is 75.9 Å². The Morgan fingerprint density at radius 3 is 2.52 bits per heavy atom. The fourth-order valence-corrected chi connectivity index (χ4v) is 3.02. The minimum atomic E-state index is -0.608. The number of anilines is 1. The quantitative estimate of drug-likeness (QED) is 0.415. The Hall–Kier alpha value is -3.11. The topological polar surface area (TPSA) is 59.3 Å². The summed E-state index contributed by atoms with van der Waals surface area (Å²) in [6, 6.07) is 19.7. The number of hydrogen-bond acceptors (Lipinski definition) is 3. The fraction of sp³-hybridized carbons (Fsp3) is 0. The normalized spacial score (nSPS) is 10.9. The van der Waals surface area contributed by atoms with E-state index in [0.29, 0.717) is 16.2 Å². The third-order valence-corrected chi connectivity index (χ3v) is 4.34. The molecule has 4 rings (SSSR count). The summed E-state index contributed by atoms with van der Waals surface area (Å²) in [7, 11) is 0. The van der Waals surface area contributed by atoms with Gasteiger partial charge in [-0.25, -0.2) is 4.79 Å². The number of halogens is 1. The lowest BCUT2D eigenvalue weighted by atomic mass is 10.1. The van der Waals surface area contributed by atoms with Gasteiger partial charge in [0.25, 0.3) is 5.91 Å². The van der Waals surface area contributed by atoms with Crippen molar-refractivity contribution in [3.63, 3.8) is 0 Å². The Labute approximate surface area is 147 Å². The second-order valence-corrected chi connectivity index (χ2v) is 5.99. The van der Waals surface area contributed by atoms with Crippen LogP contribution >= 0.6 is 11.6 Å². The molecule has 0 atom stereocenters. The van der Waals surface area contributed by atoms with E-state index in [1.165, 1.54) is 0 Å². The summed E-state index contributed by atoms with van der Waals surface area (Å²) in [6.45, 7) is 0. The molecule has 1 amide bonds. The molecular formula is C20H12ClNO3. The van der Waals surface area contributed by atoms with Crippen LogP contribution in [0.4, 0.5) is 5.69 Å². The van der Waals surface area contributed by atoms with Gasteiger partial charge in [0.1, 0.15) is 11.3 Å². The minimum absolute atomic E-state index is 0.0776. The Morgan fingerprint density at radius 1 is 0.920 bits per heavy atom. The predicted octanol–water partition coefficient (Wildman–Crippen LogP) is 4.85. The molecule has 3 aromatic carbocycles. The zero-order chi connectivity index (χ0) is 17.4. The number of carbonyl (C=O) groups excluding carboxylic acids is 1. The first-order valence-corrected chi connectivity index (χ1v) is 8.03. The zero-order valence-electron chi connectivity index (χ0n) is 13.0. The molecule has 1 N–H and O–H groups in total. The molecule has 0 radical (unpaired) electrons. The highest BCUT2D eigenvalue weighted by Gasteiger charge is 2.14. The van der Waals surface area contributed by atoms with E-state index < -0.39 is 11.5 Å². The van der Waals surface area contributed by atoms with E-state index in [2.05, 4.69) is 5.32 Å². The maximum Gasteiger partial charge on any atom is 0.360 e. The van der Waals surface area contributed by atoms with Gasteiger partial charge in [0.2, 0.25) is 0 Å². The number of rotatable bonds is 2. The van der Waals surface area contributed by atoms with Gasteiger partial charge in [0.05, 0.1) is 10.6 Å². The highest BCUT2D eigenvalue weighted by molar-refractivity contribution is 6.34. The van der Waals surface area contributed by atoms with Crippen LogP contribution in [-0.4, -0.2) is 5.91 Å². The first-order chi connectivity index (χ1) is 12.1. The average molecular weight is 350 g/mol. The molecule has 1 heterocycles. The van der Waals surface area contributed by atoms with Crippen molar-refractivity contribution in [3.8, 4) is 0 Å². The van der Waals surface area contributed by atoms with Crippen LogP contribution in [0.25, 0.3) is 21.7 Å². The van der Waals surface area contributed by atoms with Gasteiger partial charge in [-0.05, 0) is 35.0 Å². The average Bonchev–Trinajstić information content (AvgIpc) is 2.62. The number of carbonyl (C=O) groups is 1. The molecule has 4 nitrogen and oxygen atoms in total. The minimum Gasteiger partial charge on any atom is -0.421 e. The van der Waals surface area contributed by atoms with Crippen LogP contribution < -0.4 is 10.9 Å². The number of fused-ring (bicyclic) bond motifs is 3. The second kappa shape index (κ2) is 6.07. The highest BCUT2D eigenvalue weighted by atomic mass is 35.5. The summed E-state index contributed by atoms with van der Waals surface area (Å²) < 4.78 is 5.36. The molecule has 0 aliphatic heterocycles. The Morgan fingerprint density at radius 2 is 1.68 bits per heavy atom. The third-order valence-electron chi connectivity index (χ3n) is 4.01. The molecule has 122 valence electrons. The second-order valence-electron chi connectivity index (χ2n) is 5.58. The molecule has 0 saturated carbocycles. The lowest BCUT2D eigenvalue weighted by molar-refractivity contribution is 0.102. The van der Waals surface area contributed by atoms with Crippen molar-refractivity contribution in [2.24, 2.45) is 0 Å². The number of nitrogens with one attached hydrogen (secondary N) is 1. The van der Waals surface area contributed by atoms with Crippen molar-refractivity contribution >= 4 is 44.9 Å². The van der Waals surface area contributed by atoms with Gasteiger partial charge in [-0.1, -0.05) is 54.1 Å². The first-order valence-electron chi connectivity index (χ1n) is 7.65. The van der Waals surface area contributed by atoms with Crippen molar-refractivity contribution in [3.05, 3.63) is 87.7 Å². The first kappa shape index (κ1) is 15.4. The van der Waals surface area contributed by atoms with Gasteiger partial charge in [-0.3, -0.25) is 4.79 Å². The Kier molecular flexibility index (Phi) is 3.75.